The first-order valence-corrected chi connectivity index (χ1v) is 18.3. The quantitative estimate of drug-likeness (QED) is 0.184. The third-order valence-electron chi connectivity index (χ3n) is 11.1. The molecule has 5 nitrogen and oxygen atoms in total. The summed E-state index contributed by atoms with van der Waals surface area (Å²) in [5.41, 5.74) is 12.8. The van der Waals surface area contributed by atoms with Gasteiger partial charge in [-0.15, -0.1) is 0 Å². The van der Waals surface area contributed by atoms with Crippen LogP contribution in [0.1, 0.15) is 11.1 Å². The molecule has 0 amide bonds. The molecule has 0 saturated heterocycles. The maximum absolute atomic E-state index is 10.2. The molecule has 8 aromatic carbocycles. The lowest BCUT2D eigenvalue weighted by Crippen LogP contribution is -2.00. The summed E-state index contributed by atoms with van der Waals surface area (Å²) in [6.07, 6.45) is 0. The molecule has 3 heterocycles. The predicted molar refractivity (Wildman–Crippen MR) is 224 cm³/mol. The van der Waals surface area contributed by atoms with E-state index in [0.717, 1.165) is 71.8 Å². The molecule has 0 fully saturated rings. The van der Waals surface area contributed by atoms with Crippen molar-refractivity contribution in [1.82, 2.24) is 13.7 Å². The van der Waals surface area contributed by atoms with Crippen LogP contribution in [0, 0.1) is 22.7 Å². The normalized spacial score (nSPS) is 11.6. The molecule has 0 radical (unpaired) electrons. The summed E-state index contributed by atoms with van der Waals surface area (Å²) >= 11 is 0. The van der Waals surface area contributed by atoms with Crippen LogP contribution in [0.25, 0.3) is 93.6 Å². The van der Waals surface area contributed by atoms with Crippen molar-refractivity contribution >= 4 is 65.4 Å². The first-order chi connectivity index (χ1) is 27.2. The van der Waals surface area contributed by atoms with Crippen molar-refractivity contribution in [2.75, 3.05) is 0 Å². The van der Waals surface area contributed by atoms with Gasteiger partial charge < -0.3 is 13.7 Å². The number of nitriles is 2. The summed E-state index contributed by atoms with van der Waals surface area (Å²) in [6, 6.07) is 66.0. The standard InChI is InChI=1S/C50H29N5/c51-30-32-23-25-37(33-11-9-13-35(28-33)54-46-21-8-4-17-41(46)50-34(31-52)12-10-22-48(50)54)49(27-32)55-45-20-7-3-16-40(45)42-29-36(24-26-47(42)55)53-43-18-5-1-14-38(43)39-15-2-6-19-44(39)53/h1-29H. The van der Waals surface area contributed by atoms with Crippen LogP contribution in [0.2, 0.25) is 0 Å². The van der Waals surface area contributed by atoms with Gasteiger partial charge in [-0.3, -0.25) is 0 Å². The van der Waals surface area contributed by atoms with Crippen LogP contribution >= 0.6 is 0 Å². The summed E-state index contributed by atoms with van der Waals surface area (Å²) in [7, 11) is 0. The Hall–Kier alpha value is -7.86. The van der Waals surface area contributed by atoms with Gasteiger partial charge in [-0.2, -0.15) is 10.5 Å². The van der Waals surface area contributed by atoms with E-state index in [9.17, 15) is 10.5 Å². The number of para-hydroxylation sites is 4. The lowest BCUT2D eigenvalue weighted by molar-refractivity contribution is 1.16. The number of benzene rings is 8. The Morgan fingerprint density at radius 1 is 0.364 bits per heavy atom. The Kier molecular flexibility index (Phi) is 6.61. The second-order valence-electron chi connectivity index (χ2n) is 14.0. The third kappa shape index (κ3) is 4.45. The third-order valence-corrected chi connectivity index (χ3v) is 11.1. The van der Waals surface area contributed by atoms with Gasteiger partial charge in [0.25, 0.3) is 0 Å². The van der Waals surface area contributed by atoms with E-state index < -0.39 is 0 Å². The molecule has 0 aliphatic heterocycles. The first-order valence-electron chi connectivity index (χ1n) is 18.3. The van der Waals surface area contributed by atoms with E-state index in [-0.39, 0.29) is 0 Å². The minimum atomic E-state index is 0.592. The van der Waals surface area contributed by atoms with E-state index in [1.165, 1.54) is 21.8 Å². The Morgan fingerprint density at radius 2 is 0.909 bits per heavy atom. The smallest absolute Gasteiger partial charge is 0.0998 e. The molecule has 0 saturated carbocycles. The Labute approximate surface area is 316 Å². The zero-order valence-electron chi connectivity index (χ0n) is 29.5. The van der Waals surface area contributed by atoms with Gasteiger partial charge in [0.1, 0.15) is 0 Å². The van der Waals surface area contributed by atoms with E-state index in [1.54, 1.807) is 0 Å². The summed E-state index contributed by atoms with van der Waals surface area (Å²) < 4.78 is 6.91. The number of hydrogen-bond acceptors (Lipinski definition) is 2. The topological polar surface area (TPSA) is 62.4 Å². The molecule has 0 bridgehead atoms. The average Bonchev–Trinajstić information content (AvgIpc) is 3.89. The van der Waals surface area contributed by atoms with Gasteiger partial charge in [-0.05, 0) is 84.4 Å². The molecule has 11 rings (SSSR count). The minimum absolute atomic E-state index is 0.592. The average molecular weight is 700 g/mol. The lowest BCUT2D eigenvalue weighted by Gasteiger charge is -2.16. The number of nitrogens with zero attached hydrogens (tertiary/aromatic N) is 5. The van der Waals surface area contributed by atoms with Crippen molar-refractivity contribution in [2.45, 2.75) is 0 Å². The van der Waals surface area contributed by atoms with E-state index in [4.69, 9.17) is 0 Å². The van der Waals surface area contributed by atoms with Crippen molar-refractivity contribution < 1.29 is 0 Å². The summed E-state index contributed by atoms with van der Waals surface area (Å²) in [5, 5.41) is 27.0. The van der Waals surface area contributed by atoms with E-state index in [2.05, 4.69) is 165 Å². The second-order valence-corrected chi connectivity index (χ2v) is 14.0. The van der Waals surface area contributed by atoms with Crippen LogP contribution in [0.3, 0.4) is 0 Å². The highest BCUT2D eigenvalue weighted by Crippen LogP contribution is 2.40. The fourth-order valence-corrected chi connectivity index (χ4v) is 8.79. The van der Waals surface area contributed by atoms with Gasteiger partial charge in [0.15, 0.2) is 0 Å². The van der Waals surface area contributed by atoms with Crippen LogP contribution in [-0.4, -0.2) is 13.7 Å². The van der Waals surface area contributed by atoms with Crippen LogP contribution in [-0.2, 0) is 0 Å². The van der Waals surface area contributed by atoms with Crippen molar-refractivity contribution in [3.63, 3.8) is 0 Å². The molecule has 0 N–H and O–H groups in total. The molecule has 3 aromatic heterocycles. The zero-order chi connectivity index (χ0) is 36.6. The number of fused-ring (bicyclic) bond motifs is 9. The summed E-state index contributed by atoms with van der Waals surface area (Å²) in [4.78, 5) is 0. The SMILES string of the molecule is N#Cc1ccc(-c2cccc(-n3c4ccccc4c4c(C#N)cccc43)c2)c(-n2c3ccccc3c3cc(-n4c5ccccc5c5ccccc54)ccc32)c1. The van der Waals surface area contributed by atoms with Crippen LogP contribution in [0.5, 0.6) is 0 Å². The minimum Gasteiger partial charge on any atom is -0.309 e. The fourth-order valence-electron chi connectivity index (χ4n) is 8.79. The largest absolute Gasteiger partial charge is 0.309 e. The van der Waals surface area contributed by atoms with Crippen molar-refractivity contribution in [2.24, 2.45) is 0 Å². The zero-order valence-corrected chi connectivity index (χ0v) is 29.5. The van der Waals surface area contributed by atoms with E-state index in [1.807, 2.05) is 36.4 Å². The second kappa shape index (κ2) is 11.8. The monoisotopic (exact) mass is 699 g/mol. The fraction of sp³-hybridized carbons (Fsp3) is 0. The number of rotatable bonds is 4. The Bertz CT molecular complexity index is 3420. The Morgan fingerprint density at radius 3 is 1.60 bits per heavy atom. The van der Waals surface area contributed by atoms with Crippen LogP contribution < -0.4 is 0 Å². The highest BCUT2D eigenvalue weighted by atomic mass is 15.0. The number of aromatic nitrogens is 3. The molecule has 11 aromatic rings. The van der Waals surface area contributed by atoms with Gasteiger partial charge in [-0.1, -0.05) is 97.1 Å². The van der Waals surface area contributed by atoms with Gasteiger partial charge in [0.2, 0.25) is 0 Å². The molecular weight excluding hydrogens is 671 g/mol. The maximum Gasteiger partial charge on any atom is 0.0998 e. The molecular formula is C50H29N5. The lowest BCUT2D eigenvalue weighted by atomic mass is 10.0. The van der Waals surface area contributed by atoms with Crippen molar-refractivity contribution in [3.05, 3.63) is 187 Å². The molecule has 254 valence electrons. The maximum atomic E-state index is 10.2. The van der Waals surface area contributed by atoms with Crippen LogP contribution in [0.15, 0.2) is 176 Å². The summed E-state index contributed by atoms with van der Waals surface area (Å²) in [5.74, 6) is 0. The van der Waals surface area contributed by atoms with Crippen LogP contribution in [0.4, 0.5) is 0 Å². The molecule has 0 atom stereocenters. The molecule has 55 heavy (non-hydrogen) atoms. The summed E-state index contributed by atoms with van der Waals surface area (Å²) in [6.45, 7) is 0. The molecule has 0 aliphatic rings. The Balaban J connectivity index is 1.15. The van der Waals surface area contributed by atoms with Crippen molar-refractivity contribution in [3.8, 4) is 40.3 Å². The number of hydrogen-bond donors (Lipinski definition) is 0. The first kappa shape index (κ1) is 30.7. The van der Waals surface area contributed by atoms with Gasteiger partial charge >= 0.3 is 0 Å². The molecule has 0 spiro atoms. The highest BCUT2D eigenvalue weighted by Gasteiger charge is 2.20. The van der Waals surface area contributed by atoms with Gasteiger partial charge in [0.05, 0.1) is 62.1 Å². The van der Waals surface area contributed by atoms with Crippen molar-refractivity contribution in [1.29, 1.82) is 10.5 Å². The van der Waals surface area contributed by atoms with Gasteiger partial charge in [-0.25, -0.2) is 0 Å². The molecule has 0 aliphatic carbocycles. The molecule has 5 heteroatoms. The highest BCUT2D eigenvalue weighted by molar-refractivity contribution is 6.13. The molecule has 0 unspecified atom stereocenters. The van der Waals surface area contributed by atoms with E-state index >= 15 is 0 Å². The van der Waals surface area contributed by atoms with Gasteiger partial charge in [0, 0.05) is 49.3 Å². The van der Waals surface area contributed by atoms with E-state index in [0.29, 0.717) is 11.1 Å². The predicted octanol–water partition coefficient (Wildman–Crippen LogP) is 12.4.